The van der Waals surface area contributed by atoms with Crippen LogP contribution in [0.25, 0.3) is 0 Å². The predicted octanol–water partition coefficient (Wildman–Crippen LogP) is 4.24. The number of halogens is 1. The van der Waals surface area contributed by atoms with Crippen molar-refractivity contribution in [3.8, 4) is 0 Å². The molecule has 0 aliphatic carbocycles. The lowest BCUT2D eigenvalue weighted by molar-refractivity contribution is 0.555. The molecule has 0 aliphatic rings. The van der Waals surface area contributed by atoms with Gasteiger partial charge >= 0.3 is 0 Å². The molecule has 0 aromatic carbocycles. The minimum Gasteiger partial charge on any atom is -0.261 e. The lowest BCUT2D eigenvalue weighted by Crippen LogP contribution is -2.07. The van der Waals surface area contributed by atoms with Crippen LogP contribution in [0.4, 0.5) is 4.39 Å². The summed E-state index contributed by atoms with van der Waals surface area (Å²) in [4.78, 5) is 8.58. The summed E-state index contributed by atoms with van der Waals surface area (Å²) < 4.78 is 12.8. The first-order valence-corrected chi connectivity index (χ1v) is 7.57. The first-order valence-electron chi connectivity index (χ1n) is 7.57. The second-order valence-corrected chi connectivity index (χ2v) is 6.23. The molecule has 2 aromatic rings. The van der Waals surface area contributed by atoms with E-state index in [1.165, 1.54) is 17.8 Å². The number of rotatable bonds is 6. The topological polar surface area (TPSA) is 25.8 Å². The van der Waals surface area contributed by atoms with Gasteiger partial charge in [0.1, 0.15) is 5.82 Å². The van der Waals surface area contributed by atoms with Gasteiger partial charge in [0.05, 0.1) is 6.20 Å². The Morgan fingerprint density at radius 3 is 2.38 bits per heavy atom. The van der Waals surface area contributed by atoms with Crippen LogP contribution in [0.2, 0.25) is 0 Å². The van der Waals surface area contributed by atoms with E-state index >= 15 is 0 Å². The van der Waals surface area contributed by atoms with Gasteiger partial charge in [-0.05, 0) is 60.9 Å². The number of hydrogen-bond acceptors (Lipinski definition) is 2. The maximum absolute atomic E-state index is 12.8. The predicted molar refractivity (Wildman–Crippen MR) is 83.5 cm³/mol. The van der Waals surface area contributed by atoms with Gasteiger partial charge in [0, 0.05) is 17.6 Å². The van der Waals surface area contributed by atoms with Gasteiger partial charge in [-0.25, -0.2) is 4.39 Å². The molecule has 21 heavy (non-hydrogen) atoms. The Hall–Kier alpha value is -1.77. The third kappa shape index (κ3) is 5.25. The normalized spacial score (nSPS) is 12.6. The molecule has 0 bridgehead atoms. The fraction of sp³-hybridized carbons (Fsp3) is 0.444. The molecule has 2 nitrogen and oxygen atoms in total. The highest BCUT2D eigenvalue weighted by atomic mass is 19.1. The molecule has 0 fully saturated rings. The quantitative estimate of drug-likeness (QED) is 0.794. The van der Waals surface area contributed by atoms with Gasteiger partial charge in [-0.3, -0.25) is 9.97 Å². The summed E-state index contributed by atoms with van der Waals surface area (Å²) >= 11 is 0. The van der Waals surface area contributed by atoms with Crippen molar-refractivity contribution in [2.24, 2.45) is 11.8 Å². The van der Waals surface area contributed by atoms with E-state index in [1.54, 1.807) is 6.07 Å². The average molecular weight is 286 g/mol. The van der Waals surface area contributed by atoms with Gasteiger partial charge in [0.15, 0.2) is 0 Å². The number of aromatic nitrogens is 2. The van der Waals surface area contributed by atoms with Crippen LogP contribution in [0.1, 0.15) is 37.7 Å². The van der Waals surface area contributed by atoms with Crippen molar-refractivity contribution in [1.82, 2.24) is 9.97 Å². The lowest BCUT2D eigenvalue weighted by Gasteiger charge is -2.12. The third-order valence-electron chi connectivity index (χ3n) is 3.43. The highest BCUT2D eigenvalue weighted by Gasteiger charge is 2.08. The molecule has 3 heteroatoms. The molecule has 0 N–H and O–H groups in total. The molecule has 2 aromatic heterocycles. The van der Waals surface area contributed by atoms with Crippen LogP contribution in [0.15, 0.2) is 36.7 Å². The highest BCUT2D eigenvalue weighted by molar-refractivity contribution is 5.17. The van der Waals surface area contributed by atoms with Gasteiger partial charge in [0.25, 0.3) is 0 Å². The van der Waals surface area contributed by atoms with Crippen LogP contribution >= 0.6 is 0 Å². The fourth-order valence-corrected chi connectivity index (χ4v) is 2.55. The maximum Gasteiger partial charge on any atom is 0.141 e. The molecule has 0 amide bonds. The molecule has 1 atom stereocenters. The molecular weight excluding hydrogens is 263 g/mol. The van der Waals surface area contributed by atoms with Crippen molar-refractivity contribution in [2.75, 3.05) is 0 Å². The maximum atomic E-state index is 12.8. The van der Waals surface area contributed by atoms with Crippen molar-refractivity contribution < 1.29 is 4.39 Å². The minimum absolute atomic E-state index is 0.283. The molecule has 0 saturated heterocycles. The second-order valence-electron chi connectivity index (χ2n) is 6.23. The van der Waals surface area contributed by atoms with E-state index in [1.807, 2.05) is 6.20 Å². The molecule has 0 spiro atoms. The van der Waals surface area contributed by atoms with Gasteiger partial charge in [0.2, 0.25) is 0 Å². The molecule has 2 heterocycles. The van der Waals surface area contributed by atoms with Gasteiger partial charge in [-0.2, -0.15) is 0 Å². The highest BCUT2D eigenvalue weighted by Crippen LogP contribution is 2.14. The Kier molecular flexibility index (Phi) is 5.43. The van der Waals surface area contributed by atoms with Crippen LogP contribution in [-0.4, -0.2) is 9.97 Å². The first kappa shape index (κ1) is 15.6. The van der Waals surface area contributed by atoms with Crippen LogP contribution < -0.4 is 0 Å². The zero-order valence-electron chi connectivity index (χ0n) is 13.0. The molecule has 2 rings (SSSR count). The number of nitrogens with zero attached hydrogens (tertiary/aromatic N) is 2. The lowest BCUT2D eigenvalue weighted by atomic mass is 9.97. The van der Waals surface area contributed by atoms with Crippen LogP contribution in [0.5, 0.6) is 0 Å². The van der Waals surface area contributed by atoms with Crippen LogP contribution in [0.3, 0.4) is 0 Å². The van der Waals surface area contributed by atoms with E-state index in [9.17, 15) is 4.39 Å². The van der Waals surface area contributed by atoms with Crippen LogP contribution in [-0.2, 0) is 19.3 Å². The summed E-state index contributed by atoms with van der Waals surface area (Å²) in [6, 6.07) is 7.52. The number of hydrogen-bond donors (Lipinski definition) is 0. The summed E-state index contributed by atoms with van der Waals surface area (Å²) in [6.07, 6.45) is 6.03. The fourth-order valence-electron chi connectivity index (χ4n) is 2.55. The molecule has 1 unspecified atom stereocenters. The SMILES string of the molecule is CC(C)Cc1ccnc(CC(C)Cc2ccc(F)cn2)c1. The van der Waals surface area contributed by atoms with Crippen molar-refractivity contribution in [3.05, 3.63) is 59.4 Å². The summed E-state index contributed by atoms with van der Waals surface area (Å²) in [5.74, 6) is 0.806. The summed E-state index contributed by atoms with van der Waals surface area (Å²) in [5.41, 5.74) is 3.41. The average Bonchev–Trinajstić information content (AvgIpc) is 2.41. The molecule has 0 radical (unpaired) electrons. The Morgan fingerprint density at radius 2 is 1.71 bits per heavy atom. The zero-order valence-corrected chi connectivity index (χ0v) is 13.0. The summed E-state index contributed by atoms with van der Waals surface area (Å²) in [7, 11) is 0. The first-order chi connectivity index (χ1) is 10.0. The summed E-state index contributed by atoms with van der Waals surface area (Å²) in [5, 5.41) is 0. The number of pyridine rings is 2. The molecular formula is C18H23FN2. The van der Waals surface area contributed by atoms with E-state index in [0.717, 1.165) is 30.7 Å². The zero-order chi connectivity index (χ0) is 15.2. The van der Waals surface area contributed by atoms with Crippen molar-refractivity contribution in [1.29, 1.82) is 0 Å². The Labute approximate surface area is 126 Å². The van der Waals surface area contributed by atoms with Crippen LogP contribution in [0, 0.1) is 17.7 Å². The largest absolute Gasteiger partial charge is 0.261 e. The Balaban J connectivity index is 1.95. The minimum atomic E-state index is -0.283. The van der Waals surface area contributed by atoms with E-state index < -0.39 is 0 Å². The van der Waals surface area contributed by atoms with Gasteiger partial charge < -0.3 is 0 Å². The standard InChI is InChI=1S/C18H23FN2/c1-13(2)8-15-6-7-20-18(11-15)10-14(3)9-17-5-4-16(19)12-21-17/h4-7,11-14H,8-10H2,1-3H3. The Morgan fingerprint density at radius 1 is 0.952 bits per heavy atom. The van der Waals surface area contributed by atoms with E-state index in [2.05, 4.69) is 42.9 Å². The molecule has 0 aliphatic heterocycles. The van der Waals surface area contributed by atoms with Crippen molar-refractivity contribution >= 4 is 0 Å². The third-order valence-corrected chi connectivity index (χ3v) is 3.43. The Bertz CT molecular complexity index is 564. The van der Waals surface area contributed by atoms with Gasteiger partial charge in [-0.1, -0.05) is 20.8 Å². The van der Waals surface area contributed by atoms with E-state index in [4.69, 9.17) is 0 Å². The van der Waals surface area contributed by atoms with Crippen molar-refractivity contribution in [2.45, 2.75) is 40.0 Å². The molecule has 0 saturated carbocycles. The van der Waals surface area contributed by atoms with E-state index in [-0.39, 0.29) is 5.82 Å². The monoisotopic (exact) mass is 286 g/mol. The second kappa shape index (κ2) is 7.30. The summed E-state index contributed by atoms with van der Waals surface area (Å²) in [6.45, 7) is 6.63. The van der Waals surface area contributed by atoms with Gasteiger partial charge in [-0.15, -0.1) is 0 Å². The van der Waals surface area contributed by atoms with E-state index in [0.29, 0.717) is 11.8 Å². The molecule has 112 valence electrons. The smallest absolute Gasteiger partial charge is 0.141 e. The van der Waals surface area contributed by atoms with Crippen molar-refractivity contribution in [3.63, 3.8) is 0 Å².